The van der Waals surface area contributed by atoms with Gasteiger partial charge in [-0.1, -0.05) is 36.4 Å². The fourth-order valence-corrected chi connectivity index (χ4v) is 4.86. The van der Waals surface area contributed by atoms with Crippen LogP contribution in [0.1, 0.15) is 55.2 Å². The van der Waals surface area contributed by atoms with E-state index >= 15 is 0 Å². The Bertz CT molecular complexity index is 925. The van der Waals surface area contributed by atoms with Crippen LogP contribution in [0.2, 0.25) is 0 Å². The van der Waals surface area contributed by atoms with E-state index in [0.717, 1.165) is 36.3 Å². The van der Waals surface area contributed by atoms with E-state index in [9.17, 15) is 9.90 Å². The molecule has 5 nitrogen and oxygen atoms in total. The summed E-state index contributed by atoms with van der Waals surface area (Å²) in [6.07, 6.45) is 1.96. The van der Waals surface area contributed by atoms with Gasteiger partial charge < -0.3 is 10.0 Å². The van der Waals surface area contributed by atoms with Crippen molar-refractivity contribution in [2.75, 3.05) is 32.7 Å². The van der Waals surface area contributed by atoms with E-state index in [0.29, 0.717) is 19.1 Å². The molecule has 0 aromatic heterocycles. The highest BCUT2D eigenvalue weighted by molar-refractivity contribution is 5.96. The van der Waals surface area contributed by atoms with Gasteiger partial charge in [0.1, 0.15) is 5.75 Å². The predicted molar refractivity (Wildman–Crippen MR) is 131 cm³/mol. The molecule has 0 aliphatic carbocycles. The summed E-state index contributed by atoms with van der Waals surface area (Å²) in [7, 11) is 0. The number of nitrogens with zero attached hydrogens (tertiary/aromatic N) is 3. The van der Waals surface area contributed by atoms with Crippen LogP contribution in [0.15, 0.2) is 61.2 Å². The van der Waals surface area contributed by atoms with Crippen molar-refractivity contribution >= 4 is 5.91 Å². The Morgan fingerprint density at radius 2 is 1.84 bits per heavy atom. The van der Waals surface area contributed by atoms with Gasteiger partial charge in [-0.3, -0.25) is 14.6 Å². The largest absolute Gasteiger partial charge is 0.508 e. The summed E-state index contributed by atoms with van der Waals surface area (Å²) in [4.78, 5) is 20.2. The third-order valence-corrected chi connectivity index (χ3v) is 6.58. The van der Waals surface area contributed by atoms with Gasteiger partial charge in [-0.2, -0.15) is 0 Å². The Hall–Kier alpha value is -2.63. The second-order valence-electron chi connectivity index (χ2n) is 8.70. The first-order valence-corrected chi connectivity index (χ1v) is 11.7. The number of phenolic OH excluding ortho intramolecular Hbond substituents is 1. The average Bonchev–Trinajstić information content (AvgIpc) is 2.78. The van der Waals surface area contributed by atoms with Crippen LogP contribution in [0, 0.1) is 0 Å². The van der Waals surface area contributed by atoms with E-state index < -0.39 is 0 Å². The molecule has 2 aromatic carbocycles. The number of amides is 1. The van der Waals surface area contributed by atoms with Gasteiger partial charge >= 0.3 is 0 Å². The Morgan fingerprint density at radius 3 is 2.50 bits per heavy atom. The molecule has 1 amide bonds. The summed E-state index contributed by atoms with van der Waals surface area (Å²) in [5, 5.41) is 10.3. The van der Waals surface area contributed by atoms with Gasteiger partial charge in [-0.25, -0.2) is 0 Å². The van der Waals surface area contributed by atoms with Gasteiger partial charge in [-0.15, -0.1) is 6.58 Å². The number of rotatable bonds is 8. The first-order valence-electron chi connectivity index (χ1n) is 11.7. The van der Waals surface area contributed by atoms with E-state index in [4.69, 9.17) is 0 Å². The van der Waals surface area contributed by atoms with Gasteiger partial charge in [0, 0.05) is 50.4 Å². The molecule has 172 valence electrons. The SMILES string of the molecule is C=CCN1C[C@@H](C)N([C@@H](c2cccc(O)c2)c2ccccc2C(=O)N(CC)CC)C[C@H]1C. The molecule has 0 saturated carbocycles. The lowest BCUT2D eigenvalue weighted by Crippen LogP contribution is -2.57. The summed E-state index contributed by atoms with van der Waals surface area (Å²) < 4.78 is 0. The van der Waals surface area contributed by atoms with Crippen LogP contribution >= 0.6 is 0 Å². The van der Waals surface area contributed by atoms with Crippen LogP contribution in [0.5, 0.6) is 5.75 Å². The summed E-state index contributed by atoms with van der Waals surface area (Å²) in [6.45, 7) is 16.4. The summed E-state index contributed by atoms with van der Waals surface area (Å²) in [5.74, 6) is 0.299. The molecule has 2 aromatic rings. The Kier molecular flexibility index (Phi) is 8.10. The second kappa shape index (κ2) is 10.8. The molecule has 1 N–H and O–H groups in total. The normalized spacial score (nSPS) is 20.6. The van der Waals surface area contributed by atoms with Gasteiger partial charge in [0.05, 0.1) is 6.04 Å². The number of phenols is 1. The van der Waals surface area contributed by atoms with E-state index in [2.05, 4.69) is 42.4 Å². The number of hydrogen-bond donors (Lipinski definition) is 1. The summed E-state index contributed by atoms with van der Waals surface area (Å²) in [6, 6.07) is 15.9. The van der Waals surface area contributed by atoms with Gasteiger partial charge in [-0.05, 0) is 57.0 Å². The lowest BCUT2D eigenvalue weighted by Gasteiger charge is -2.47. The van der Waals surface area contributed by atoms with Crippen molar-refractivity contribution in [3.05, 3.63) is 77.9 Å². The maximum Gasteiger partial charge on any atom is 0.254 e. The number of piperazine rings is 1. The Balaban J connectivity index is 2.10. The topological polar surface area (TPSA) is 47.0 Å². The van der Waals surface area contributed by atoms with Crippen LogP contribution in [0.25, 0.3) is 0 Å². The molecule has 1 aliphatic rings. The molecule has 3 rings (SSSR count). The van der Waals surface area contributed by atoms with Crippen molar-refractivity contribution in [3.8, 4) is 5.75 Å². The van der Waals surface area contributed by atoms with Crippen LogP contribution < -0.4 is 0 Å². The van der Waals surface area contributed by atoms with Crippen LogP contribution in [0.3, 0.4) is 0 Å². The number of carbonyl (C=O) groups excluding carboxylic acids is 1. The molecule has 0 spiro atoms. The molecule has 3 atom stereocenters. The Morgan fingerprint density at radius 1 is 1.12 bits per heavy atom. The van der Waals surface area contributed by atoms with E-state index in [-0.39, 0.29) is 23.7 Å². The number of benzene rings is 2. The third kappa shape index (κ3) is 5.05. The molecule has 32 heavy (non-hydrogen) atoms. The molecular formula is C27H37N3O2. The van der Waals surface area contributed by atoms with Crippen molar-refractivity contribution in [1.29, 1.82) is 0 Å². The third-order valence-electron chi connectivity index (χ3n) is 6.58. The van der Waals surface area contributed by atoms with Crippen molar-refractivity contribution in [3.63, 3.8) is 0 Å². The van der Waals surface area contributed by atoms with Gasteiger partial charge in [0.25, 0.3) is 5.91 Å². The highest BCUT2D eigenvalue weighted by atomic mass is 16.3. The van der Waals surface area contributed by atoms with Crippen molar-refractivity contribution in [1.82, 2.24) is 14.7 Å². The molecule has 1 aliphatic heterocycles. The van der Waals surface area contributed by atoms with Crippen LogP contribution in [-0.4, -0.2) is 70.5 Å². The predicted octanol–water partition coefficient (Wildman–Crippen LogP) is 4.54. The maximum atomic E-state index is 13.4. The summed E-state index contributed by atoms with van der Waals surface area (Å²) in [5.41, 5.74) is 2.73. The zero-order valence-corrected chi connectivity index (χ0v) is 19.9. The van der Waals surface area contributed by atoms with E-state index in [1.54, 1.807) is 6.07 Å². The maximum absolute atomic E-state index is 13.4. The molecular weight excluding hydrogens is 398 g/mol. The molecule has 1 heterocycles. The van der Waals surface area contributed by atoms with Crippen LogP contribution in [0.4, 0.5) is 0 Å². The monoisotopic (exact) mass is 435 g/mol. The molecule has 0 bridgehead atoms. The lowest BCUT2D eigenvalue weighted by atomic mass is 9.90. The van der Waals surface area contributed by atoms with Crippen LogP contribution in [-0.2, 0) is 0 Å². The lowest BCUT2D eigenvalue weighted by molar-refractivity contribution is 0.0302. The number of carbonyl (C=O) groups is 1. The van der Waals surface area contributed by atoms with E-state index in [1.807, 2.05) is 55.2 Å². The molecule has 1 saturated heterocycles. The number of aromatic hydroxyl groups is 1. The standard InChI is InChI=1S/C27H37N3O2/c1-6-16-29-18-21(5)30(19-20(29)4)26(22-12-11-13-23(31)17-22)24-14-9-10-15-25(24)27(32)28(7-2)8-3/h6,9-15,17,20-21,26,31H,1,7-8,16,18-19H2,2-5H3/t20-,21-,26+/m1/s1. The van der Waals surface area contributed by atoms with Gasteiger partial charge in [0.2, 0.25) is 0 Å². The highest BCUT2D eigenvalue weighted by Crippen LogP contribution is 2.36. The molecule has 5 heteroatoms. The highest BCUT2D eigenvalue weighted by Gasteiger charge is 2.36. The van der Waals surface area contributed by atoms with E-state index in [1.165, 1.54) is 0 Å². The van der Waals surface area contributed by atoms with Crippen molar-refractivity contribution in [2.45, 2.75) is 45.8 Å². The van der Waals surface area contributed by atoms with Crippen molar-refractivity contribution < 1.29 is 9.90 Å². The average molecular weight is 436 g/mol. The quantitative estimate of drug-likeness (QED) is 0.618. The fraction of sp³-hybridized carbons (Fsp3) is 0.444. The zero-order valence-electron chi connectivity index (χ0n) is 19.9. The van der Waals surface area contributed by atoms with Crippen molar-refractivity contribution in [2.24, 2.45) is 0 Å². The first kappa shape index (κ1) is 24.0. The number of hydrogen-bond acceptors (Lipinski definition) is 4. The Labute approximate surface area is 193 Å². The fourth-order valence-electron chi connectivity index (χ4n) is 4.86. The first-order chi connectivity index (χ1) is 15.4. The zero-order chi connectivity index (χ0) is 23.3. The minimum Gasteiger partial charge on any atom is -0.508 e. The molecule has 1 fully saturated rings. The smallest absolute Gasteiger partial charge is 0.254 e. The molecule has 0 unspecified atom stereocenters. The second-order valence-corrected chi connectivity index (χ2v) is 8.70. The molecule has 0 radical (unpaired) electrons. The minimum atomic E-state index is -0.124. The summed E-state index contributed by atoms with van der Waals surface area (Å²) >= 11 is 0. The minimum absolute atomic E-state index is 0.0572. The van der Waals surface area contributed by atoms with Gasteiger partial charge in [0.15, 0.2) is 0 Å².